The Morgan fingerprint density at radius 2 is 0.548 bits per heavy atom. The van der Waals surface area contributed by atoms with Crippen molar-refractivity contribution >= 4 is 0 Å². The largest absolute Gasteiger partial charge is 0.294 e. The van der Waals surface area contributed by atoms with Gasteiger partial charge >= 0.3 is 0 Å². The quantitative estimate of drug-likeness (QED) is 0.134. The number of benzene rings is 6. The van der Waals surface area contributed by atoms with Crippen LogP contribution < -0.4 is 0 Å². The van der Waals surface area contributed by atoms with Crippen LogP contribution in [-0.4, -0.2) is 76.0 Å². The molecule has 7 aliphatic rings. The highest BCUT2D eigenvalue weighted by molar-refractivity contribution is 5.68. The maximum absolute atomic E-state index is 5.07. The normalized spacial score (nSPS) is 32.2. The summed E-state index contributed by atoms with van der Waals surface area (Å²) in [5, 5.41) is 0. The van der Waals surface area contributed by atoms with E-state index in [4.69, 9.17) is 29.9 Å². The summed E-state index contributed by atoms with van der Waals surface area (Å²) in [5.74, 6) is 11.3. The number of likely N-dealkylation sites (tertiary alicyclic amines) is 2. The van der Waals surface area contributed by atoms with E-state index in [1.807, 2.05) is 24.3 Å². The van der Waals surface area contributed by atoms with Gasteiger partial charge in [0.1, 0.15) is 0 Å². The minimum absolute atomic E-state index is 0.541. The number of fused-ring (bicyclic) bond motifs is 7. The molecule has 2 saturated heterocycles. The first kappa shape index (κ1) is 53.9. The second kappa shape index (κ2) is 22.9. The molecule has 7 fully saturated rings. The fraction of sp³-hybridized carbons (Fsp3) is 0.447. The van der Waals surface area contributed by atoms with Crippen molar-refractivity contribution in [3.63, 3.8) is 0 Å². The number of rotatable bonds is 10. The predicted molar refractivity (Wildman–Crippen MR) is 339 cm³/mol. The van der Waals surface area contributed by atoms with Crippen molar-refractivity contribution in [3.8, 4) is 68.3 Å². The number of nitrogens with zero attached hydrogens (tertiary/aromatic N) is 8. The molecular formula is C76H84N8. The van der Waals surface area contributed by atoms with Gasteiger partial charge in [-0.25, -0.2) is 29.9 Å². The smallest absolute Gasteiger partial charge is 0.164 e. The van der Waals surface area contributed by atoms with Crippen LogP contribution in [-0.2, 0) is 0 Å². The van der Waals surface area contributed by atoms with E-state index in [0.29, 0.717) is 70.9 Å². The van der Waals surface area contributed by atoms with Gasteiger partial charge in [-0.3, -0.25) is 9.80 Å². The van der Waals surface area contributed by atoms with Crippen molar-refractivity contribution in [2.75, 3.05) is 0 Å². The molecule has 2 aliphatic heterocycles. The molecule has 5 aliphatic carbocycles. The van der Waals surface area contributed by atoms with Crippen LogP contribution in [0.15, 0.2) is 170 Å². The summed E-state index contributed by atoms with van der Waals surface area (Å²) in [5.41, 5.74) is 9.06. The lowest BCUT2D eigenvalue weighted by Gasteiger charge is -2.50. The predicted octanol–water partition coefficient (Wildman–Crippen LogP) is 17.3. The van der Waals surface area contributed by atoms with Crippen molar-refractivity contribution in [2.45, 2.75) is 166 Å². The molecule has 84 heavy (non-hydrogen) atoms. The zero-order chi connectivity index (χ0) is 56.4. The Kier molecular flexibility index (Phi) is 14.7. The highest BCUT2D eigenvalue weighted by Crippen LogP contribution is 2.62. The highest BCUT2D eigenvalue weighted by Gasteiger charge is 2.64. The van der Waals surface area contributed by atoms with Crippen LogP contribution in [0.3, 0.4) is 0 Å². The van der Waals surface area contributed by atoms with Gasteiger partial charge in [-0.15, -0.1) is 0 Å². The Bertz CT molecular complexity index is 3170. The lowest BCUT2D eigenvalue weighted by atomic mass is 9.61. The van der Waals surface area contributed by atoms with Crippen LogP contribution in [0.1, 0.15) is 141 Å². The monoisotopic (exact) mass is 1110 g/mol. The first-order valence-corrected chi connectivity index (χ1v) is 32.8. The van der Waals surface area contributed by atoms with Crippen LogP contribution in [0.4, 0.5) is 0 Å². The molecule has 15 rings (SSSR count). The first-order valence-electron chi connectivity index (χ1n) is 32.8. The van der Waals surface area contributed by atoms with Crippen molar-refractivity contribution in [3.05, 3.63) is 181 Å². The summed E-state index contributed by atoms with van der Waals surface area (Å²) in [6, 6.07) is 64.5. The summed E-state index contributed by atoms with van der Waals surface area (Å²) in [7, 11) is 0. The van der Waals surface area contributed by atoms with Gasteiger partial charge in [0, 0.05) is 69.6 Å². The summed E-state index contributed by atoms with van der Waals surface area (Å²) in [6.07, 6.45) is 19.5. The SMILES string of the molecule is CC1CC(N2C3CCCCC3C3C4C5CCCCC5N(C5CC(C)C(c6ccc(-c7nc(-c8ccccc8)nc(-c8ccccc8)n7)cc6)C(C)C5)C4CCC32)CC(C)C1c1ccc(-c2nc(-c3ccccc3)nc(-c3ccccc3)n2)cc1. The average Bonchev–Trinajstić information content (AvgIpc) is 1.79. The van der Waals surface area contributed by atoms with Crippen molar-refractivity contribution in [1.29, 1.82) is 0 Å². The summed E-state index contributed by atoms with van der Waals surface area (Å²) < 4.78 is 0. The molecule has 4 heterocycles. The van der Waals surface area contributed by atoms with Crippen molar-refractivity contribution in [1.82, 2.24) is 39.7 Å². The van der Waals surface area contributed by atoms with E-state index >= 15 is 0 Å². The molecule has 428 valence electrons. The maximum atomic E-state index is 5.07. The zero-order valence-electron chi connectivity index (χ0n) is 49.9. The highest BCUT2D eigenvalue weighted by atomic mass is 15.3. The van der Waals surface area contributed by atoms with Gasteiger partial charge in [-0.05, 0) is 135 Å². The lowest BCUT2D eigenvalue weighted by molar-refractivity contribution is -0.000968. The van der Waals surface area contributed by atoms with Gasteiger partial charge in [0.25, 0.3) is 0 Å². The molecule has 8 aromatic rings. The molecule has 8 heteroatoms. The molecular weight excluding hydrogens is 1020 g/mol. The van der Waals surface area contributed by atoms with E-state index in [1.54, 1.807) is 0 Å². The minimum Gasteiger partial charge on any atom is -0.294 e. The van der Waals surface area contributed by atoms with Gasteiger partial charge < -0.3 is 0 Å². The Balaban J connectivity index is 0.650. The molecule has 0 radical (unpaired) electrons. The maximum Gasteiger partial charge on any atom is 0.164 e. The van der Waals surface area contributed by atoms with E-state index in [9.17, 15) is 0 Å². The van der Waals surface area contributed by atoms with Gasteiger partial charge in [-0.2, -0.15) is 0 Å². The third-order valence-electron chi connectivity index (χ3n) is 22.6. The van der Waals surface area contributed by atoms with Crippen molar-refractivity contribution < 1.29 is 0 Å². The Hall–Kier alpha value is -6.74. The Labute approximate surface area is 499 Å². The van der Waals surface area contributed by atoms with E-state index in [2.05, 4.69) is 183 Å². The molecule has 8 nitrogen and oxygen atoms in total. The third-order valence-corrected chi connectivity index (χ3v) is 22.6. The molecule has 2 aromatic heterocycles. The molecule has 12 atom stereocenters. The Morgan fingerprint density at radius 1 is 0.286 bits per heavy atom. The van der Waals surface area contributed by atoms with Crippen molar-refractivity contribution in [2.24, 2.45) is 47.3 Å². The fourth-order valence-electron chi connectivity index (χ4n) is 19.6. The van der Waals surface area contributed by atoms with Crippen LogP contribution in [0.5, 0.6) is 0 Å². The van der Waals surface area contributed by atoms with Crippen LogP contribution in [0, 0.1) is 47.3 Å². The van der Waals surface area contributed by atoms with E-state index < -0.39 is 0 Å². The van der Waals surface area contributed by atoms with Crippen LogP contribution in [0.25, 0.3) is 68.3 Å². The molecule has 12 unspecified atom stereocenters. The van der Waals surface area contributed by atoms with Crippen LogP contribution >= 0.6 is 0 Å². The molecule has 0 amide bonds. The summed E-state index contributed by atoms with van der Waals surface area (Å²) in [6.45, 7) is 10.4. The number of aromatic nitrogens is 6. The van der Waals surface area contributed by atoms with Gasteiger partial charge in [-0.1, -0.05) is 223 Å². The molecule has 0 N–H and O–H groups in total. The van der Waals surface area contributed by atoms with Crippen LogP contribution in [0.2, 0.25) is 0 Å². The number of hydrogen-bond acceptors (Lipinski definition) is 8. The Morgan fingerprint density at radius 3 is 0.833 bits per heavy atom. The van der Waals surface area contributed by atoms with E-state index in [1.165, 1.54) is 101 Å². The second-order valence-corrected chi connectivity index (χ2v) is 27.3. The van der Waals surface area contributed by atoms with Gasteiger partial charge in [0.2, 0.25) is 0 Å². The standard InChI is InChI=1S/C76H84N8/c1-47-43-59(44-48(2)67(47)51-33-37-57(38-34-51)75-79-71(53-21-9-5-10-22-53)77-72(80-75)54-23-11-6-12-24-54)83-63-31-19-17-29-61(63)69-65(83)41-42-66-70(69)62-30-18-20-32-64(62)84(66)60-45-49(3)68(50(4)46-60)52-35-39-58(40-36-52)76-81-73(55-25-13-7-14-26-55)78-74(82-76)56-27-15-8-16-28-56/h5-16,21-28,33-40,47-50,59-70H,17-20,29-32,41-46H2,1-4H3. The average molecular weight is 1110 g/mol. The molecule has 0 spiro atoms. The van der Waals surface area contributed by atoms with E-state index in [-0.39, 0.29) is 0 Å². The first-order chi connectivity index (χ1) is 41.3. The topological polar surface area (TPSA) is 83.8 Å². The summed E-state index contributed by atoms with van der Waals surface area (Å²) >= 11 is 0. The summed E-state index contributed by atoms with van der Waals surface area (Å²) in [4.78, 5) is 36.8. The van der Waals surface area contributed by atoms with E-state index in [0.717, 1.165) is 92.9 Å². The van der Waals surface area contributed by atoms with Gasteiger partial charge in [0.05, 0.1) is 0 Å². The number of hydrogen-bond donors (Lipinski definition) is 0. The second-order valence-electron chi connectivity index (χ2n) is 27.3. The zero-order valence-corrected chi connectivity index (χ0v) is 49.9. The fourth-order valence-corrected chi connectivity index (χ4v) is 19.6. The molecule has 0 bridgehead atoms. The molecule has 6 aromatic carbocycles. The third kappa shape index (κ3) is 9.95. The lowest BCUT2D eigenvalue weighted by Crippen LogP contribution is -2.54. The molecule has 5 saturated carbocycles. The van der Waals surface area contributed by atoms with Gasteiger partial charge in [0.15, 0.2) is 34.9 Å². The minimum atomic E-state index is 0.541.